The number of aliphatic hydroxyl groups is 1. The summed E-state index contributed by atoms with van der Waals surface area (Å²) >= 11 is 12.7. The van der Waals surface area contributed by atoms with Crippen LogP contribution < -0.4 is 0 Å². The summed E-state index contributed by atoms with van der Waals surface area (Å²) in [6.07, 6.45) is 3.71. The van der Waals surface area contributed by atoms with Crippen molar-refractivity contribution in [3.8, 4) is 23.0 Å². The van der Waals surface area contributed by atoms with Crippen molar-refractivity contribution in [3.63, 3.8) is 0 Å². The summed E-state index contributed by atoms with van der Waals surface area (Å²) in [7, 11) is 0. The Bertz CT molecular complexity index is 968. The second-order valence-corrected chi connectivity index (χ2v) is 6.87. The lowest BCUT2D eigenvalue weighted by atomic mass is 10.0. The van der Waals surface area contributed by atoms with Crippen LogP contribution in [0.25, 0.3) is 22.0 Å². The van der Waals surface area contributed by atoms with Gasteiger partial charge in [0.2, 0.25) is 0 Å². The van der Waals surface area contributed by atoms with Crippen molar-refractivity contribution in [3.05, 3.63) is 40.3 Å². The van der Waals surface area contributed by atoms with Crippen molar-refractivity contribution >= 4 is 34.1 Å². The lowest BCUT2D eigenvalue weighted by Crippen LogP contribution is -2.14. The van der Waals surface area contributed by atoms with Gasteiger partial charge in [-0.25, -0.2) is 0 Å². The molecule has 0 fully saturated rings. The molecule has 4 nitrogen and oxygen atoms in total. The van der Waals surface area contributed by atoms with Crippen LogP contribution in [0.5, 0.6) is 0 Å². The van der Waals surface area contributed by atoms with Gasteiger partial charge in [-0.05, 0) is 32.9 Å². The van der Waals surface area contributed by atoms with Gasteiger partial charge in [0.15, 0.2) is 0 Å². The van der Waals surface area contributed by atoms with Gasteiger partial charge in [0.25, 0.3) is 0 Å². The quantitative estimate of drug-likeness (QED) is 0.661. The van der Waals surface area contributed by atoms with Gasteiger partial charge in [0.05, 0.1) is 16.7 Å². The number of rotatable bonds is 2. The standard InChI is InChI=1S/C18H17Cl2N3O/c1-4-23-10-14(13-9-21-22-17(13)20)12-7-11(5-6-18(2,3)24)8-15(19)16(12)23/h7-10,24H,4H2,1-3H3,(H,21,22). The molecular formula is C18H17Cl2N3O. The van der Waals surface area contributed by atoms with Gasteiger partial charge in [-0.1, -0.05) is 35.0 Å². The molecule has 0 atom stereocenters. The highest BCUT2D eigenvalue weighted by molar-refractivity contribution is 6.36. The van der Waals surface area contributed by atoms with Crippen LogP contribution in [-0.2, 0) is 6.54 Å². The number of hydrogen-bond acceptors (Lipinski definition) is 2. The molecule has 124 valence electrons. The summed E-state index contributed by atoms with van der Waals surface area (Å²) in [4.78, 5) is 0. The van der Waals surface area contributed by atoms with Gasteiger partial charge in [-0.3, -0.25) is 5.10 Å². The van der Waals surface area contributed by atoms with Crippen LogP contribution in [0, 0.1) is 11.8 Å². The maximum Gasteiger partial charge on any atom is 0.132 e. The molecule has 2 heterocycles. The second-order valence-electron chi connectivity index (χ2n) is 6.09. The van der Waals surface area contributed by atoms with Crippen LogP contribution in [0.1, 0.15) is 26.3 Å². The Morgan fingerprint density at radius 2 is 2.04 bits per heavy atom. The lowest BCUT2D eigenvalue weighted by Gasteiger charge is -2.07. The number of aromatic nitrogens is 3. The van der Waals surface area contributed by atoms with Gasteiger partial charge in [-0.15, -0.1) is 0 Å². The Hall–Kier alpha value is -1.93. The Morgan fingerprint density at radius 3 is 2.62 bits per heavy atom. The fraction of sp³-hybridized carbons (Fsp3) is 0.278. The molecule has 24 heavy (non-hydrogen) atoms. The van der Waals surface area contributed by atoms with E-state index in [1.807, 2.05) is 18.3 Å². The molecule has 0 bridgehead atoms. The average Bonchev–Trinajstić information content (AvgIpc) is 3.07. The molecule has 0 aliphatic heterocycles. The molecule has 0 aliphatic rings. The highest BCUT2D eigenvalue weighted by Gasteiger charge is 2.16. The predicted molar refractivity (Wildman–Crippen MR) is 98.4 cm³/mol. The number of nitrogens with zero attached hydrogens (tertiary/aromatic N) is 2. The van der Waals surface area contributed by atoms with Crippen molar-refractivity contribution < 1.29 is 5.11 Å². The Kier molecular flexibility index (Phi) is 4.35. The molecular weight excluding hydrogens is 345 g/mol. The molecule has 0 aliphatic carbocycles. The number of aromatic amines is 1. The molecule has 1 aromatic carbocycles. The van der Waals surface area contributed by atoms with E-state index in [0.717, 1.165) is 34.1 Å². The van der Waals surface area contributed by atoms with Crippen LogP contribution in [0.3, 0.4) is 0 Å². The van der Waals surface area contributed by atoms with Gasteiger partial charge in [0, 0.05) is 34.8 Å². The van der Waals surface area contributed by atoms with E-state index in [1.54, 1.807) is 20.0 Å². The smallest absolute Gasteiger partial charge is 0.132 e. The van der Waals surface area contributed by atoms with E-state index < -0.39 is 5.60 Å². The van der Waals surface area contributed by atoms with E-state index >= 15 is 0 Å². The molecule has 6 heteroatoms. The van der Waals surface area contributed by atoms with E-state index in [9.17, 15) is 5.11 Å². The molecule has 0 saturated carbocycles. The molecule has 2 N–H and O–H groups in total. The first kappa shape index (κ1) is 16.9. The molecule has 0 unspecified atom stereocenters. The van der Waals surface area contributed by atoms with E-state index in [1.165, 1.54) is 0 Å². The van der Waals surface area contributed by atoms with Crippen molar-refractivity contribution in [2.75, 3.05) is 0 Å². The van der Waals surface area contributed by atoms with Gasteiger partial charge < -0.3 is 9.67 Å². The Labute approximate surface area is 150 Å². The van der Waals surface area contributed by atoms with Crippen molar-refractivity contribution in [2.24, 2.45) is 0 Å². The highest BCUT2D eigenvalue weighted by atomic mass is 35.5. The summed E-state index contributed by atoms with van der Waals surface area (Å²) < 4.78 is 2.07. The number of nitrogens with one attached hydrogen (secondary N) is 1. The van der Waals surface area contributed by atoms with E-state index in [0.29, 0.717) is 10.2 Å². The minimum Gasteiger partial charge on any atom is -0.378 e. The van der Waals surface area contributed by atoms with Gasteiger partial charge in [-0.2, -0.15) is 5.10 Å². The summed E-state index contributed by atoms with van der Waals surface area (Å²) in [6.45, 7) is 6.12. The first-order chi connectivity index (χ1) is 11.3. The lowest BCUT2D eigenvalue weighted by molar-refractivity contribution is 0.143. The summed E-state index contributed by atoms with van der Waals surface area (Å²) in [6, 6.07) is 3.78. The van der Waals surface area contributed by atoms with Crippen molar-refractivity contribution in [1.29, 1.82) is 0 Å². The number of halogens is 2. The topological polar surface area (TPSA) is 53.8 Å². The molecule has 0 amide bonds. The zero-order valence-corrected chi connectivity index (χ0v) is 15.1. The van der Waals surface area contributed by atoms with Crippen LogP contribution in [0.15, 0.2) is 24.5 Å². The first-order valence-corrected chi connectivity index (χ1v) is 8.33. The maximum absolute atomic E-state index is 9.80. The summed E-state index contributed by atoms with van der Waals surface area (Å²) in [5.41, 5.74) is 2.37. The van der Waals surface area contributed by atoms with Crippen LogP contribution in [-0.4, -0.2) is 25.5 Å². The fourth-order valence-corrected chi connectivity index (χ4v) is 3.13. The number of aryl methyl sites for hydroxylation is 1. The third-order valence-corrected chi connectivity index (χ3v) is 4.24. The predicted octanol–water partition coefficient (Wildman–Crippen LogP) is 4.48. The largest absolute Gasteiger partial charge is 0.378 e. The minimum atomic E-state index is -1.06. The number of hydrogen-bond donors (Lipinski definition) is 2. The zero-order chi connectivity index (χ0) is 17.5. The van der Waals surface area contributed by atoms with Gasteiger partial charge in [0.1, 0.15) is 10.8 Å². The molecule has 3 rings (SSSR count). The minimum absolute atomic E-state index is 0.481. The summed E-state index contributed by atoms with van der Waals surface area (Å²) in [5, 5.41) is 18.6. The normalized spacial score (nSPS) is 11.6. The molecule has 3 aromatic rings. The van der Waals surface area contributed by atoms with Gasteiger partial charge >= 0.3 is 0 Å². The molecule has 2 aromatic heterocycles. The monoisotopic (exact) mass is 361 g/mol. The first-order valence-electron chi connectivity index (χ1n) is 7.57. The third-order valence-electron chi connectivity index (χ3n) is 3.66. The van der Waals surface area contributed by atoms with Crippen molar-refractivity contribution in [1.82, 2.24) is 14.8 Å². The maximum atomic E-state index is 9.80. The fourth-order valence-electron chi connectivity index (χ4n) is 2.61. The number of H-pyrrole nitrogens is 1. The average molecular weight is 362 g/mol. The van der Waals surface area contributed by atoms with Crippen molar-refractivity contribution in [2.45, 2.75) is 32.9 Å². The van der Waals surface area contributed by atoms with E-state index in [4.69, 9.17) is 23.2 Å². The van der Waals surface area contributed by atoms with E-state index in [2.05, 4.69) is 33.5 Å². The highest BCUT2D eigenvalue weighted by Crippen LogP contribution is 2.37. The molecule has 0 saturated heterocycles. The Morgan fingerprint density at radius 1 is 1.29 bits per heavy atom. The van der Waals surface area contributed by atoms with Crippen LogP contribution in [0.2, 0.25) is 10.2 Å². The van der Waals surface area contributed by atoms with Crippen LogP contribution in [0.4, 0.5) is 0 Å². The SMILES string of the molecule is CCn1cc(-c2cn[nH]c2Cl)c2cc(C#CC(C)(C)O)cc(Cl)c21. The zero-order valence-electron chi connectivity index (χ0n) is 13.6. The number of fused-ring (bicyclic) bond motifs is 1. The number of benzene rings is 1. The molecule has 0 spiro atoms. The summed E-state index contributed by atoms with van der Waals surface area (Å²) in [5.74, 6) is 5.79. The molecule has 0 radical (unpaired) electrons. The third kappa shape index (κ3) is 3.16. The Balaban J connectivity index is 2.28. The second kappa shape index (κ2) is 6.18. The van der Waals surface area contributed by atoms with E-state index in [-0.39, 0.29) is 0 Å². The van der Waals surface area contributed by atoms with Crippen LogP contribution >= 0.6 is 23.2 Å².